The number of alkyl halides is 3. The maximum Gasteiger partial charge on any atom is 0.420 e. The van der Waals surface area contributed by atoms with Crippen LogP contribution in [-0.2, 0) is 6.42 Å². The largest absolute Gasteiger partial charge is 0.420 e. The number of hydrogen-bond donors (Lipinski definition) is 3. The lowest BCUT2D eigenvalue weighted by atomic mass is 9.93. The summed E-state index contributed by atoms with van der Waals surface area (Å²) in [7, 11) is 0. The molecule has 3 N–H and O–H groups in total. The van der Waals surface area contributed by atoms with Gasteiger partial charge in [0.1, 0.15) is 5.82 Å². The molecule has 2 aromatic rings. The Morgan fingerprint density at radius 1 is 1.37 bits per heavy atom. The Morgan fingerprint density at radius 2 is 2.07 bits per heavy atom. The molecule has 1 aliphatic heterocycles. The Balaban J connectivity index is 1.69. The SMILES string of the molecule is Cc1nc(C(=O)N2CC(O)(C(F)(F)F)C2)nc(NCCc2cn[nH]c2)c1C. The van der Waals surface area contributed by atoms with Crippen LogP contribution in [0.15, 0.2) is 12.4 Å². The molecule has 1 aliphatic rings. The van der Waals surface area contributed by atoms with Gasteiger partial charge in [-0.25, -0.2) is 9.97 Å². The number of anilines is 1. The van der Waals surface area contributed by atoms with Gasteiger partial charge in [0, 0.05) is 24.0 Å². The summed E-state index contributed by atoms with van der Waals surface area (Å²) in [4.78, 5) is 21.5. The zero-order chi connectivity index (χ0) is 19.8. The first-order valence-corrected chi connectivity index (χ1v) is 8.26. The highest BCUT2D eigenvalue weighted by Gasteiger charge is 2.62. The van der Waals surface area contributed by atoms with Crippen LogP contribution in [0.5, 0.6) is 0 Å². The average Bonchev–Trinajstić information content (AvgIpc) is 3.07. The van der Waals surface area contributed by atoms with Gasteiger partial charge in [-0.05, 0) is 25.8 Å². The van der Waals surface area contributed by atoms with Crippen LogP contribution in [0.3, 0.4) is 0 Å². The van der Waals surface area contributed by atoms with Gasteiger partial charge < -0.3 is 15.3 Å². The average molecular weight is 384 g/mol. The van der Waals surface area contributed by atoms with Crippen LogP contribution >= 0.6 is 0 Å². The van der Waals surface area contributed by atoms with Gasteiger partial charge in [-0.2, -0.15) is 18.3 Å². The summed E-state index contributed by atoms with van der Waals surface area (Å²) >= 11 is 0. The number of nitrogens with zero attached hydrogens (tertiary/aromatic N) is 4. The van der Waals surface area contributed by atoms with Gasteiger partial charge in [0.25, 0.3) is 5.91 Å². The zero-order valence-electron chi connectivity index (χ0n) is 14.8. The van der Waals surface area contributed by atoms with Gasteiger partial charge in [-0.1, -0.05) is 0 Å². The van der Waals surface area contributed by atoms with Crippen molar-refractivity contribution in [3.05, 3.63) is 35.0 Å². The lowest BCUT2D eigenvalue weighted by Gasteiger charge is -2.46. The number of H-pyrrole nitrogens is 1. The van der Waals surface area contributed by atoms with Crippen LogP contribution in [0.4, 0.5) is 19.0 Å². The fraction of sp³-hybridized carbons (Fsp3) is 0.500. The van der Waals surface area contributed by atoms with Crippen molar-refractivity contribution in [1.29, 1.82) is 0 Å². The minimum Gasteiger partial charge on any atom is -0.378 e. The van der Waals surface area contributed by atoms with Gasteiger partial charge in [0.05, 0.1) is 19.3 Å². The molecular weight excluding hydrogens is 365 g/mol. The number of likely N-dealkylation sites (tertiary alicyclic amines) is 1. The molecule has 2 aromatic heterocycles. The predicted molar refractivity (Wildman–Crippen MR) is 89.2 cm³/mol. The molecule has 3 rings (SSSR count). The van der Waals surface area contributed by atoms with E-state index in [2.05, 4.69) is 25.5 Å². The fourth-order valence-corrected chi connectivity index (χ4v) is 2.69. The van der Waals surface area contributed by atoms with E-state index in [1.165, 1.54) is 0 Å². The summed E-state index contributed by atoms with van der Waals surface area (Å²) in [6.45, 7) is 2.36. The Bertz CT molecular complexity index is 831. The Kier molecular flexibility index (Phi) is 4.81. The van der Waals surface area contributed by atoms with Gasteiger partial charge in [-0.15, -0.1) is 0 Å². The maximum absolute atomic E-state index is 12.7. The van der Waals surface area contributed by atoms with E-state index in [9.17, 15) is 23.1 Å². The molecule has 0 aliphatic carbocycles. The molecular formula is C16H19F3N6O2. The van der Waals surface area contributed by atoms with E-state index in [1.807, 2.05) is 0 Å². The highest BCUT2D eigenvalue weighted by molar-refractivity contribution is 5.92. The number of carbonyl (C=O) groups excluding carboxylic acids is 1. The predicted octanol–water partition coefficient (Wildman–Crippen LogP) is 1.22. The number of rotatable bonds is 5. The quantitative estimate of drug-likeness (QED) is 0.716. The van der Waals surface area contributed by atoms with Crippen molar-refractivity contribution in [3.8, 4) is 0 Å². The van der Waals surface area contributed by atoms with E-state index in [4.69, 9.17) is 0 Å². The molecule has 0 bridgehead atoms. The number of aromatic nitrogens is 4. The first-order valence-electron chi connectivity index (χ1n) is 8.26. The third-order valence-corrected chi connectivity index (χ3v) is 4.56. The van der Waals surface area contributed by atoms with Gasteiger partial charge >= 0.3 is 6.18 Å². The van der Waals surface area contributed by atoms with Gasteiger partial charge in [-0.3, -0.25) is 9.89 Å². The van der Waals surface area contributed by atoms with Crippen molar-refractivity contribution in [1.82, 2.24) is 25.1 Å². The fourth-order valence-electron chi connectivity index (χ4n) is 2.69. The molecule has 0 atom stereocenters. The number of carbonyl (C=O) groups is 1. The van der Waals surface area contributed by atoms with E-state index in [0.29, 0.717) is 24.5 Å². The summed E-state index contributed by atoms with van der Waals surface area (Å²) in [5.74, 6) is -0.501. The summed E-state index contributed by atoms with van der Waals surface area (Å²) < 4.78 is 38.2. The van der Waals surface area contributed by atoms with Crippen molar-refractivity contribution in [2.24, 2.45) is 0 Å². The Morgan fingerprint density at radius 3 is 2.67 bits per heavy atom. The van der Waals surface area contributed by atoms with E-state index >= 15 is 0 Å². The van der Waals surface area contributed by atoms with Crippen LogP contribution in [0, 0.1) is 13.8 Å². The van der Waals surface area contributed by atoms with Crippen LogP contribution in [0.2, 0.25) is 0 Å². The Labute approximate surface area is 152 Å². The first kappa shape index (κ1) is 19.1. The Hall–Kier alpha value is -2.69. The lowest BCUT2D eigenvalue weighted by molar-refractivity contribution is -0.294. The lowest BCUT2D eigenvalue weighted by Crippen LogP contribution is -2.70. The number of halogens is 3. The molecule has 0 aromatic carbocycles. The molecule has 8 nitrogen and oxygen atoms in total. The summed E-state index contributed by atoms with van der Waals surface area (Å²) in [6.07, 6.45) is -0.651. The van der Waals surface area contributed by atoms with Crippen molar-refractivity contribution in [3.63, 3.8) is 0 Å². The number of β-amino-alcohol motifs (C(OH)–C–C–N with tert-alkyl or cyclic N) is 1. The molecule has 0 spiro atoms. The van der Waals surface area contributed by atoms with E-state index in [-0.39, 0.29) is 5.82 Å². The van der Waals surface area contributed by atoms with E-state index in [0.717, 1.165) is 16.0 Å². The van der Waals surface area contributed by atoms with E-state index in [1.54, 1.807) is 26.2 Å². The highest BCUT2D eigenvalue weighted by atomic mass is 19.4. The second-order valence-corrected chi connectivity index (χ2v) is 6.58. The molecule has 1 amide bonds. The number of aromatic amines is 1. The molecule has 0 unspecified atom stereocenters. The molecule has 0 radical (unpaired) electrons. The number of amides is 1. The second kappa shape index (κ2) is 6.80. The summed E-state index contributed by atoms with van der Waals surface area (Å²) in [6, 6.07) is 0. The van der Waals surface area contributed by atoms with Gasteiger partial charge in [0.2, 0.25) is 5.82 Å². The first-order chi connectivity index (χ1) is 12.6. The van der Waals surface area contributed by atoms with Crippen molar-refractivity contribution in [2.45, 2.75) is 32.0 Å². The van der Waals surface area contributed by atoms with Crippen LogP contribution in [-0.4, -0.2) is 67.5 Å². The molecule has 146 valence electrons. The number of hydrogen-bond acceptors (Lipinski definition) is 6. The number of aryl methyl sites for hydroxylation is 1. The van der Waals surface area contributed by atoms with Crippen LogP contribution < -0.4 is 5.32 Å². The smallest absolute Gasteiger partial charge is 0.378 e. The number of nitrogens with one attached hydrogen (secondary N) is 2. The third kappa shape index (κ3) is 3.72. The molecule has 1 fully saturated rings. The molecule has 1 saturated heterocycles. The summed E-state index contributed by atoms with van der Waals surface area (Å²) in [5, 5.41) is 19.2. The van der Waals surface area contributed by atoms with Crippen LogP contribution in [0.1, 0.15) is 27.4 Å². The molecule has 27 heavy (non-hydrogen) atoms. The standard InChI is InChI=1S/C16H19F3N6O2/c1-9-10(2)23-13(14(26)25-7-15(27,8-25)16(17,18)19)24-12(9)20-4-3-11-5-21-22-6-11/h5-6,27H,3-4,7-8H2,1-2H3,(H,21,22)(H,20,23,24). The monoisotopic (exact) mass is 384 g/mol. The summed E-state index contributed by atoms with van der Waals surface area (Å²) in [5.41, 5.74) is -0.581. The van der Waals surface area contributed by atoms with Crippen molar-refractivity contribution < 1.29 is 23.1 Å². The third-order valence-electron chi connectivity index (χ3n) is 4.56. The minimum atomic E-state index is -4.78. The topological polar surface area (TPSA) is 107 Å². The molecule has 11 heteroatoms. The number of aliphatic hydroxyl groups is 1. The van der Waals surface area contributed by atoms with E-state index < -0.39 is 30.8 Å². The van der Waals surface area contributed by atoms with Crippen molar-refractivity contribution >= 4 is 11.7 Å². The minimum absolute atomic E-state index is 0.201. The van der Waals surface area contributed by atoms with Crippen molar-refractivity contribution in [2.75, 3.05) is 25.0 Å². The maximum atomic E-state index is 12.7. The second-order valence-electron chi connectivity index (χ2n) is 6.58. The normalized spacial score (nSPS) is 16.1. The van der Waals surface area contributed by atoms with Gasteiger partial charge in [0.15, 0.2) is 5.60 Å². The molecule has 3 heterocycles. The highest BCUT2D eigenvalue weighted by Crippen LogP contribution is 2.38. The van der Waals surface area contributed by atoms with Crippen LogP contribution in [0.25, 0.3) is 0 Å². The molecule has 0 saturated carbocycles. The zero-order valence-corrected chi connectivity index (χ0v) is 14.8.